The Balaban J connectivity index is 1.70. The number of amides is 2. The first-order chi connectivity index (χ1) is 12.2. The van der Waals surface area contributed by atoms with Crippen LogP contribution in [0.15, 0.2) is 47.4 Å². The normalized spacial score (nSPS) is 16.3. The van der Waals surface area contributed by atoms with E-state index in [0.29, 0.717) is 17.1 Å². The molecule has 0 saturated carbocycles. The first-order valence-electron chi connectivity index (χ1n) is 7.50. The van der Waals surface area contributed by atoms with Gasteiger partial charge in [-0.1, -0.05) is 0 Å². The van der Waals surface area contributed by atoms with Crippen molar-refractivity contribution in [1.82, 2.24) is 0 Å². The summed E-state index contributed by atoms with van der Waals surface area (Å²) < 4.78 is 42.4. The van der Waals surface area contributed by atoms with E-state index in [1.807, 2.05) is 0 Å². The van der Waals surface area contributed by atoms with Crippen LogP contribution in [-0.2, 0) is 4.79 Å². The minimum atomic E-state index is -4.38. The van der Waals surface area contributed by atoms with Crippen LogP contribution < -0.4 is 15.4 Å². The monoisotopic (exact) mass is 382 g/mol. The number of fused-ring (bicyclic) bond motifs is 1. The third-order valence-corrected chi connectivity index (χ3v) is 4.26. The zero-order valence-electron chi connectivity index (χ0n) is 13.4. The summed E-state index contributed by atoms with van der Waals surface area (Å²) in [5.74, 6) is -0.285. The Labute approximate surface area is 150 Å². The first kappa shape index (κ1) is 18.1. The van der Waals surface area contributed by atoms with E-state index < -0.39 is 17.5 Å². The molecule has 0 aliphatic carbocycles. The van der Waals surface area contributed by atoms with E-state index in [-0.39, 0.29) is 28.1 Å². The highest BCUT2D eigenvalue weighted by molar-refractivity contribution is 8.00. The molecule has 1 heterocycles. The van der Waals surface area contributed by atoms with Gasteiger partial charge in [0.25, 0.3) is 11.8 Å². The summed E-state index contributed by atoms with van der Waals surface area (Å²) in [6.45, 7) is 1.62. The Hall–Kier alpha value is -2.68. The number of ether oxygens (including phenoxy) is 1. The summed E-state index contributed by atoms with van der Waals surface area (Å²) >= 11 is -0.245. The Bertz CT molecular complexity index is 853. The van der Waals surface area contributed by atoms with Crippen LogP contribution in [-0.4, -0.2) is 23.4 Å². The molecule has 3 rings (SSSR count). The minimum Gasteiger partial charge on any atom is -0.479 e. The molecule has 2 N–H and O–H groups in total. The maximum absolute atomic E-state index is 12.3. The predicted molar refractivity (Wildman–Crippen MR) is 91.5 cm³/mol. The van der Waals surface area contributed by atoms with Gasteiger partial charge in [-0.15, -0.1) is 0 Å². The van der Waals surface area contributed by atoms with Gasteiger partial charge in [0, 0.05) is 16.1 Å². The summed E-state index contributed by atoms with van der Waals surface area (Å²) in [5.41, 5.74) is -3.32. The maximum Gasteiger partial charge on any atom is 0.446 e. The maximum atomic E-state index is 12.3. The molecule has 0 unspecified atom stereocenters. The number of rotatable bonds is 3. The molecule has 5 nitrogen and oxygen atoms in total. The number of benzene rings is 2. The van der Waals surface area contributed by atoms with Crippen molar-refractivity contribution in [2.45, 2.75) is 23.4 Å². The molecule has 1 aliphatic rings. The largest absolute Gasteiger partial charge is 0.479 e. The van der Waals surface area contributed by atoms with Crippen molar-refractivity contribution >= 4 is 35.0 Å². The minimum absolute atomic E-state index is 0.00295. The summed E-state index contributed by atoms with van der Waals surface area (Å²) in [5, 5.41) is 5.29. The summed E-state index contributed by atoms with van der Waals surface area (Å²) in [6, 6.07) is 9.86. The van der Waals surface area contributed by atoms with Gasteiger partial charge >= 0.3 is 5.51 Å². The number of thioether (sulfide) groups is 1. The highest BCUT2D eigenvalue weighted by atomic mass is 32.2. The zero-order chi connectivity index (χ0) is 18.9. The van der Waals surface area contributed by atoms with E-state index in [1.165, 1.54) is 24.3 Å². The summed E-state index contributed by atoms with van der Waals surface area (Å²) in [4.78, 5) is 23.9. The third-order valence-electron chi connectivity index (χ3n) is 3.52. The van der Waals surface area contributed by atoms with Crippen LogP contribution in [0.1, 0.15) is 17.3 Å². The number of hydrogen-bond donors (Lipinski definition) is 2. The lowest BCUT2D eigenvalue weighted by Crippen LogP contribution is -2.34. The molecule has 1 atom stereocenters. The number of carbonyl (C=O) groups is 2. The van der Waals surface area contributed by atoms with Gasteiger partial charge in [-0.05, 0) is 61.2 Å². The van der Waals surface area contributed by atoms with Gasteiger partial charge in [0.2, 0.25) is 0 Å². The Morgan fingerprint density at radius 1 is 1.19 bits per heavy atom. The van der Waals surface area contributed by atoms with Gasteiger partial charge in [0.1, 0.15) is 5.75 Å². The molecule has 0 aromatic heterocycles. The van der Waals surface area contributed by atoms with Crippen LogP contribution >= 0.6 is 11.8 Å². The van der Waals surface area contributed by atoms with Gasteiger partial charge in [-0.25, -0.2) is 0 Å². The second-order valence-electron chi connectivity index (χ2n) is 5.49. The lowest BCUT2D eigenvalue weighted by atomic mass is 10.2. The molecular weight excluding hydrogens is 369 g/mol. The van der Waals surface area contributed by atoms with Crippen molar-refractivity contribution < 1.29 is 27.5 Å². The lowest BCUT2D eigenvalue weighted by molar-refractivity contribution is -0.122. The average molecular weight is 382 g/mol. The Kier molecular flexibility index (Phi) is 4.82. The van der Waals surface area contributed by atoms with Crippen LogP contribution in [0, 0.1) is 0 Å². The van der Waals surface area contributed by atoms with Gasteiger partial charge < -0.3 is 15.4 Å². The molecule has 0 fully saturated rings. The lowest BCUT2D eigenvalue weighted by Gasteiger charge is -2.23. The van der Waals surface area contributed by atoms with Crippen molar-refractivity contribution in [3.05, 3.63) is 48.0 Å². The highest BCUT2D eigenvalue weighted by Crippen LogP contribution is 2.37. The topological polar surface area (TPSA) is 67.4 Å². The van der Waals surface area contributed by atoms with Crippen LogP contribution in [0.2, 0.25) is 0 Å². The molecule has 0 radical (unpaired) electrons. The van der Waals surface area contributed by atoms with Crippen molar-refractivity contribution in [2.75, 3.05) is 10.6 Å². The van der Waals surface area contributed by atoms with Crippen LogP contribution in [0.3, 0.4) is 0 Å². The smallest absolute Gasteiger partial charge is 0.446 e. The molecule has 0 bridgehead atoms. The Morgan fingerprint density at radius 3 is 2.54 bits per heavy atom. The first-order valence-corrected chi connectivity index (χ1v) is 8.32. The van der Waals surface area contributed by atoms with E-state index in [4.69, 9.17) is 4.74 Å². The molecule has 0 spiro atoms. The molecule has 136 valence electrons. The number of anilines is 2. The van der Waals surface area contributed by atoms with Crippen molar-refractivity contribution in [3.63, 3.8) is 0 Å². The molecular formula is C17H13F3N2O3S. The predicted octanol–water partition coefficient (Wildman–Crippen LogP) is 4.27. The molecule has 2 aromatic rings. The van der Waals surface area contributed by atoms with E-state index in [2.05, 4.69) is 10.6 Å². The standard InChI is InChI=1S/C17H13F3N2O3S/c1-9-15(23)22-13-8-11(4-7-14(13)25-9)21-16(24)10-2-5-12(6-3-10)26-17(18,19)20/h2-9H,1H3,(H,21,24)(H,22,23)/t9-/m1/s1. The third kappa shape index (κ3) is 4.29. The molecule has 1 aliphatic heterocycles. The highest BCUT2D eigenvalue weighted by Gasteiger charge is 2.29. The summed E-state index contributed by atoms with van der Waals surface area (Å²) in [6.07, 6.45) is -0.601. The Morgan fingerprint density at radius 2 is 1.88 bits per heavy atom. The van der Waals surface area contributed by atoms with Gasteiger partial charge in [-0.3, -0.25) is 9.59 Å². The fourth-order valence-electron chi connectivity index (χ4n) is 2.30. The van der Waals surface area contributed by atoms with E-state index >= 15 is 0 Å². The van der Waals surface area contributed by atoms with Crippen LogP contribution in [0.4, 0.5) is 24.5 Å². The molecule has 0 saturated heterocycles. The van der Waals surface area contributed by atoms with Gasteiger partial charge in [0.15, 0.2) is 6.10 Å². The second-order valence-corrected chi connectivity index (χ2v) is 6.63. The SMILES string of the molecule is C[C@H]1Oc2ccc(NC(=O)c3ccc(SC(F)(F)F)cc3)cc2NC1=O. The fraction of sp³-hybridized carbons (Fsp3) is 0.176. The number of carbonyl (C=O) groups excluding carboxylic acids is 2. The quantitative estimate of drug-likeness (QED) is 0.778. The molecule has 2 amide bonds. The number of nitrogens with one attached hydrogen (secondary N) is 2. The molecule has 26 heavy (non-hydrogen) atoms. The van der Waals surface area contributed by atoms with Gasteiger partial charge in [-0.2, -0.15) is 13.2 Å². The summed E-state index contributed by atoms with van der Waals surface area (Å²) in [7, 11) is 0. The van der Waals surface area contributed by atoms with Crippen molar-refractivity contribution in [3.8, 4) is 5.75 Å². The van der Waals surface area contributed by atoms with E-state index in [9.17, 15) is 22.8 Å². The zero-order valence-corrected chi connectivity index (χ0v) is 14.2. The average Bonchev–Trinajstić information content (AvgIpc) is 2.55. The van der Waals surface area contributed by atoms with Crippen molar-refractivity contribution in [2.24, 2.45) is 0 Å². The van der Waals surface area contributed by atoms with E-state index in [0.717, 1.165) is 0 Å². The second kappa shape index (κ2) is 6.91. The number of alkyl halides is 3. The number of hydrogen-bond acceptors (Lipinski definition) is 4. The van der Waals surface area contributed by atoms with Crippen LogP contribution in [0.25, 0.3) is 0 Å². The van der Waals surface area contributed by atoms with Gasteiger partial charge in [0.05, 0.1) is 5.69 Å². The van der Waals surface area contributed by atoms with Crippen LogP contribution in [0.5, 0.6) is 5.75 Å². The fourth-order valence-corrected chi connectivity index (χ4v) is 2.84. The molecule has 9 heteroatoms. The van der Waals surface area contributed by atoms with E-state index in [1.54, 1.807) is 25.1 Å². The molecule has 2 aromatic carbocycles. The number of halogens is 3. The van der Waals surface area contributed by atoms with Crippen molar-refractivity contribution in [1.29, 1.82) is 0 Å².